The summed E-state index contributed by atoms with van der Waals surface area (Å²) in [7, 11) is 0. The van der Waals surface area contributed by atoms with Crippen molar-refractivity contribution in [3.63, 3.8) is 0 Å². The van der Waals surface area contributed by atoms with Crippen LogP contribution in [0.15, 0.2) is 42.5 Å². The van der Waals surface area contributed by atoms with Crippen LogP contribution in [0.3, 0.4) is 0 Å². The summed E-state index contributed by atoms with van der Waals surface area (Å²) >= 11 is 12.1. The summed E-state index contributed by atoms with van der Waals surface area (Å²) in [6.07, 6.45) is 2.63. The van der Waals surface area contributed by atoms with Gasteiger partial charge in [-0.2, -0.15) is 0 Å². The van der Waals surface area contributed by atoms with Gasteiger partial charge in [0.25, 0.3) is 0 Å². The van der Waals surface area contributed by atoms with E-state index in [4.69, 9.17) is 27.9 Å². The van der Waals surface area contributed by atoms with Crippen molar-refractivity contribution >= 4 is 23.2 Å². The highest BCUT2D eigenvalue weighted by atomic mass is 35.5. The van der Waals surface area contributed by atoms with Crippen molar-refractivity contribution in [2.24, 2.45) is 0 Å². The van der Waals surface area contributed by atoms with Gasteiger partial charge in [0.1, 0.15) is 12.4 Å². The maximum Gasteiger partial charge on any atom is 0.119 e. The Morgan fingerprint density at radius 3 is 2.69 bits per heavy atom. The van der Waals surface area contributed by atoms with Crippen molar-refractivity contribution in [1.29, 1.82) is 0 Å². The van der Waals surface area contributed by atoms with E-state index in [2.05, 4.69) is 29.3 Å². The van der Waals surface area contributed by atoms with Gasteiger partial charge in [-0.05, 0) is 55.8 Å². The van der Waals surface area contributed by atoms with Crippen LogP contribution in [-0.4, -0.2) is 30.6 Å². The first kappa shape index (κ1) is 19.5. The van der Waals surface area contributed by atoms with Gasteiger partial charge in [0, 0.05) is 34.7 Å². The monoisotopic (exact) mass is 392 g/mol. The number of rotatable bonds is 8. The van der Waals surface area contributed by atoms with E-state index >= 15 is 0 Å². The molecule has 0 radical (unpaired) electrons. The number of ether oxygens (including phenoxy) is 1. The van der Waals surface area contributed by atoms with Crippen molar-refractivity contribution in [1.82, 2.24) is 10.2 Å². The second kappa shape index (κ2) is 9.61. The average molecular weight is 393 g/mol. The smallest absolute Gasteiger partial charge is 0.119 e. The zero-order valence-electron chi connectivity index (χ0n) is 15.2. The maximum atomic E-state index is 6.18. The highest BCUT2D eigenvalue weighted by Gasteiger charge is 2.21. The Morgan fingerprint density at radius 1 is 1.15 bits per heavy atom. The Labute approximate surface area is 166 Å². The lowest BCUT2D eigenvalue weighted by Gasteiger charge is -2.23. The maximum absolute atomic E-state index is 6.18. The Balaban J connectivity index is 1.44. The van der Waals surface area contributed by atoms with Crippen LogP contribution in [0.1, 0.15) is 30.9 Å². The van der Waals surface area contributed by atoms with Crippen LogP contribution in [0.5, 0.6) is 5.75 Å². The largest absolute Gasteiger partial charge is 0.489 e. The first-order chi connectivity index (χ1) is 12.7. The van der Waals surface area contributed by atoms with E-state index in [9.17, 15) is 0 Å². The molecule has 1 aliphatic rings. The lowest BCUT2D eigenvalue weighted by Crippen LogP contribution is -2.37. The van der Waals surface area contributed by atoms with Gasteiger partial charge in [0.2, 0.25) is 0 Å². The molecule has 140 valence electrons. The summed E-state index contributed by atoms with van der Waals surface area (Å²) in [4.78, 5) is 2.56. The van der Waals surface area contributed by atoms with Crippen LogP contribution in [0.2, 0.25) is 10.0 Å². The molecule has 3 rings (SSSR count). The van der Waals surface area contributed by atoms with Gasteiger partial charge in [0.15, 0.2) is 0 Å². The molecule has 2 aromatic carbocycles. The molecule has 1 atom stereocenters. The molecule has 26 heavy (non-hydrogen) atoms. The van der Waals surface area contributed by atoms with Crippen LogP contribution in [0.25, 0.3) is 0 Å². The Kier molecular flexibility index (Phi) is 7.21. The molecule has 0 aromatic heterocycles. The molecule has 2 aromatic rings. The Hall–Kier alpha value is -1.26. The third-order valence-corrected chi connectivity index (χ3v) is 5.53. The van der Waals surface area contributed by atoms with E-state index < -0.39 is 0 Å². The quantitative estimate of drug-likeness (QED) is 0.672. The summed E-state index contributed by atoms with van der Waals surface area (Å²) in [5.41, 5.74) is 2.20. The molecule has 1 saturated heterocycles. The molecule has 1 heterocycles. The minimum Gasteiger partial charge on any atom is -0.489 e. The first-order valence-corrected chi connectivity index (χ1v) is 10.0. The normalized spacial score (nSPS) is 17.6. The van der Waals surface area contributed by atoms with Crippen molar-refractivity contribution < 1.29 is 4.74 Å². The Morgan fingerprint density at radius 2 is 1.96 bits per heavy atom. The van der Waals surface area contributed by atoms with Gasteiger partial charge in [-0.25, -0.2) is 0 Å². The summed E-state index contributed by atoms with van der Waals surface area (Å²) in [6, 6.07) is 14.4. The third-order valence-electron chi connectivity index (χ3n) is 4.95. The lowest BCUT2D eigenvalue weighted by atomic mass is 10.2. The second-order valence-electron chi connectivity index (χ2n) is 6.72. The fourth-order valence-electron chi connectivity index (χ4n) is 3.43. The molecule has 0 saturated carbocycles. The van der Waals surface area contributed by atoms with E-state index in [1.54, 1.807) is 6.07 Å². The van der Waals surface area contributed by atoms with Crippen molar-refractivity contribution in [2.75, 3.05) is 19.6 Å². The topological polar surface area (TPSA) is 24.5 Å². The number of hydrogen-bond donors (Lipinski definition) is 1. The predicted molar refractivity (Wildman–Crippen MR) is 109 cm³/mol. The van der Waals surface area contributed by atoms with E-state index in [1.807, 2.05) is 24.3 Å². The molecule has 0 aliphatic carbocycles. The van der Waals surface area contributed by atoms with Gasteiger partial charge in [-0.15, -0.1) is 0 Å². The molecule has 1 N–H and O–H groups in total. The van der Waals surface area contributed by atoms with Crippen molar-refractivity contribution in [3.8, 4) is 5.75 Å². The van der Waals surface area contributed by atoms with Crippen LogP contribution < -0.4 is 10.1 Å². The van der Waals surface area contributed by atoms with E-state index in [-0.39, 0.29) is 0 Å². The molecule has 1 fully saturated rings. The second-order valence-corrected chi connectivity index (χ2v) is 7.57. The first-order valence-electron chi connectivity index (χ1n) is 9.26. The van der Waals surface area contributed by atoms with Crippen LogP contribution in [0, 0.1) is 0 Å². The third kappa shape index (κ3) is 5.37. The summed E-state index contributed by atoms with van der Waals surface area (Å²) < 4.78 is 5.83. The van der Waals surface area contributed by atoms with Gasteiger partial charge in [0.05, 0.1) is 0 Å². The number of nitrogens with one attached hydrogen (secondary N) is 1. The van der Waals surface area contributed by atoms with Crippen LogP contribution in [-0.2, 0) is 13.2 Å². The number of nitrogens with zero attached hydrogens (tertiary/aromatic N) is 1. The molecule has 5 heteroatoms. The number of likely N-dealkylation sites (N-methyl/N-ethyl adjacent to an activating group) is 1. The molecule has 0 spiro atoms. The number of likely N-dealkylation sites (tertiary alicyclic amines) is 1. The molecular formula is C21H26Cl2N2O. The number of hydrogen-bond acceptors (Lipinski definition) is 3. The standard InChI is InChI=1S/C21H26Cl2N2O/c1-2-25-11-3-4-19(25)14-24-13-16-5-9-20(10-6-16)26-15-17-7-8-18(22)12-21(17)23/h5-10,12,19,24H,2-4,11,13-15H2,1H3/t19-/m0/s1. The van der Waals surface area contributed by atoms with Gasteiger partial charge >= 0.3 is 0 Å². The van der Waals surface area contributed by atoms with E-state index in [0.717, 1.165) is 30.9 Å². The van der Waals surface area contributed by atoms with Gasteiger partial charge < -0.3 is 10.1 Å². The van der Waals surface area contributed by atoms with Crippen molar-refractivity contribution in [2.45, 2.75) is 39.0 Å². The summed E-state index contributed by atoms with van der Waals surface area (Å²) in [5.74, 6) is 0.840. The average Bonchev–Trinajstić information content (AvgIpc) is 3.10. The highest BCUT2D eigenvalue weighted by Crippen LogP contribution is 2.23. The number of halogens is 2. The highest BCUT2D eigenvalue weighted by molar-refractivity contribution is 6.35. The minimum atomic E-state index is 0.433. The van der Waals surface area contributed by atoms with Crippen LogP contribution >= 0.6 is 23.2 Å². The van der Waals surface area contributed by atoms with Gasteiger partial charge in [-0.1, -0.05) is 48.3 Å². The summed E-state index contributed by atoms with van der Waals surface area (Å²) in [6.45, 7) is 7.01. The zero-order chi connectivity index (χ0) is 18.4. The SMILES string of the molecule is CCN1CCC[C@H]1CNCc1ccc(OCc2ccc(Cl)cc2Cl)cc1. The lowest BCUT2D eigenvalue weighted by molar-refractivity contribution is 0.260. The molecular weight excluding hydrogens is 367 g/mol. The zero-order valence-corrected chi connectivity index (χ0v) is 16.7. The van der Waals surface area contributed by atoms with Crippen molar-refractivity contribution in [3.05, 3.63) is 63.6 Å². The number of benzene rings is 2. The van der Waals surface area contributed by atoms with Gasteiger partial charge in [-0.3, -0.25) is 4.90 Å². The Bertz CT molecular complexity index is 706. The molecule has 0 bridgehead atoms. The predicted octanol–water partition coefficient (Wildman–Crippen LogP) is 5.15. The molecule has 0 unspecified atom stereocenters. The minimum absolute atomic E-state index is 0.433. The van der Waals surface area contributed by atoms with E-state index in [1.165, 1.54) is 24.9 Å². The van der Waals surface area contributed by atoms with E-state index in [0.29, 0.717) is 22.7 Å². The van der Waals surface area contributed by atoms with Crippen LogP contribution in [0.4, 0.5) is 0 Å². The fourth-order valence-corrected chi connectivity index (χ4v) is 3.89. The molecule has 0 amide bonds. The molecule has 1 aliphatic heterocycles. The fraction of sp³-hybridized carbons (Fsp3) is 0.429. The summed E-state index contributed by atoms with van der Waals surface area (Å²) in [5, 5.41) is 4.85. The molecule has 3 nitrogen and oxygen atoms in total.